The fourth-order valence-electron chi connectivity index (χ4n) is 2.60. The number of halogens is 1. The second-order valence-corrected chi connectivity index (χ2v) is 5.95. The van der Waals surface area contributed by atoms with Gasteiger partial charge in [-0.3, -0.25) is 4.98 Å². The van der Waals surface area contributed by atoms with Crippen molar-refractivity contribution < 1.29 is 4.74 Å². The van der Waals surface area contributed by atoms with Gasteiger partial charge in [0.15, 0.2) is 0 Å². The Kier molecular flexibility index (Phi) is 4.29. The van der Waals surface area contributed by atoms with Crippen molar-refractivity contribution in [3.63, 3.8) is 0 Å². The second-order valence-electron chi connectivity index (χ2n) is 5.04. The minimum atomic E-state index is 0.908. The molecule has 0 bridgehead atoms. The molecule has 1 saturated heterocycles. The van der Waals surface area contributed by atoms with E-state index in [1.54, 1.807) is 7.11 Å². The molecule has 0 saturated carbocycles. The summed E-state index contributed by atoms with van der Waals surface area (Å²) in [5, 5.41) is 0. The van der Waals surface area contributed by atoms with Gasteiger partial charge < -0.3 is 14.5 Å². The Hall–Kier alpha value is -1.75. The quantitative estimate of drug-likeness (QED) is 0.852. The molecule has 1 aromatic heterocycles. The van der Waals surface area contributed by atoms with E-state index < -0.39 is 0 Å². The molecule has 1 aliphatic heterocycles. The summed E-state index contributed by atoms with van der Waals surface area (Å²) in [6.45, 7) is 3.99. The van der Waals surface area contributed by atoms with Gasteiger partial charge in [-0.05, 0) is 34.1 Å². The molecular formula is C16H18BrN3O. The molecule has 1 aliphatic rings. The summed E-state index contributed by atoms with van der Waals surface area (Å²) in [5.41, 5.74) is 2.40. The molecule has 0 radical (unpaired) electrons. The minimum Gasteiger partial charge on any atom is -0.497 e. The van der Waals surface area contributed by atoms with Crippen LogP contribution < -0.4 is 14.5 Å². The molecule has 3 rings (SSSR count). The third-order valence-electron chi connectivity index (χ3n) is 3.75. The highest BCUT2D eigenvalue weighted by Gasteiger charge is 2.18. The molecule has 0 amide bonds. The van der Waals surface area contributed by atoms with Crippen molar-refractivity contribution in [2.45, 2.75) is 0 Å². The van der Waals surface area contributed by atoms with Crippen molar-refractivity contribution >= 4 is 27.3 Å². The molecule has 0 N–H and O–H groups in total. The normalized spacial score (nSPS) is 15.1. The van der Waals surface area contributed by atoms with Gasteiger partial charge in [0.1, 0.15) is 5.75 Å². The zero-order valence-electron chi connectivity index (χ0n) is 12.0. The fraction of sp³-hybridized carbons (Fsp3) is 0.312. The molecule has 0 aliphatic carbocycles. The van der Waals surface area contributed by atoms with Crippen molar-refractivity contribution in [3.05, 3.63) is 47.2 Å². The average molecular weight is 348 g/mol. The fourth-order valence-corrected chi connectivity index (χ4v) is 2.96. The van der Waals surface area contributed by atoms with E-state index in [0.29, 0.717) is 0 Å². The number of pyridine rings is 1. The third kappa shape index (κ3) is 3.29. The SMILES string of the molecule is COc1cccc(N2CCN(c3cncc(Br)c3)CC2)c1. The first-order valence-corrected chi connectivity index (χ1v) is 7.80. The molecule has 2 heterocycles. The number of piperazine rings is 1. The highest BCUT2D eigenvalue weighted by molar-refractivity contribution is 9.10. The van der Waals surface area contributed by atoms with Crippen molar-refractivity contribution in [1.82, 2.24) is 4.98 Å². The van der Waals surface area contributed by atoms with Crippen LogP contribution in [0.5, 0.6) is 5.75 Å². The Labute approximate surface area is 133 Å². The van der Waals surface area contributed by atoms with Gasteiger partial charge >= 0.3 is 0 Å². The monoisotopic (exact) mass is 347 g/mol. The van der Waals surface area contributed by atoms with E-state index in [4.69, 9.17) is 4.74 Å². The number of aromatic nitrogens is 1. The lowest BCUT2D eigenvalue weighted by atomic mass is 10.2. The summed E-state index contributed by atoms with van der Waals surface area (Å²) in [6.07, 6.45) is 3.74. The van der Waals surface area contributed by atoms with E-state index in [9.17, 15) is 0 Å². The Morgan fingerprint density at radius 2 is 1.71 bits per heavy atom. The lowest BCUT2D eigenvalue weighted by Crippen LogP contribution is -2.46. The van der Waals surface area contributed by atoms with Crippen LogP contribution in [0.15, 0.2) is 47.2 Å². The van der Waals surface area contributed by atoms with E-state index in [0.717, 1.165) is 36.4 Å². The lowest BCUT2D eigenvalue weighted by molar-refractivity contribution is 0.414. The standard InChI is InChI=1S/C16H18BrN3O/c1-21-16-4-2-3-14(10-16)19-5-7-20(8-6-19)15-9-13(17)11-18-12-15/h2-4,9-12H,5-8H2,1H3. The predicted molar refractivity (Wildman–Crippen MR) is 89.4 cm³/mol. The Morgan fingerprint density at radius 1 is 1.00 bits per heavy atom. The summed E-state index contributed by atoms with van der Waals surface area (Å²) < 4.78 is 6.32. The number of ether oxygens (including phenoxy) is 1. The van der Waals surface area contributed by atoms with Crippen molar-refractivity contribution in [2.75, 3.05) is 43.1 Å². The van der Waals surface area contributed by atoms with Crippen LogP contribution in [0, 0.1) is 0 Å². The van der Waals surface area contributed by atoms with Gasteiger partial charge in [-0.25, -0.2) is 0 Å². The Balaban J connectivity index is 1.67. The van der Waals surface area contributed by atoms with Crippen LogP contribution in [-0.2, 0) is 0 Å². The van der Waals surface area contributed by atoms with E-state index in [1.807, 2.05) is 24.5 Å². The first-order chi connectivity index (χ1) is 10.3. The summed E-state index contributed by atoms with van der Waals surface area (Å²) in [4.78, 5) is 9.00. The van der Waals surface area contributed by atoms with Crippen molar-refractivity contribution in [3.8, 4) is 5.75 Å². The molecule has 2 aromatic rings. The van der Waals surface area contributed by atoms with Crippen LogP contribution >= 0.6 is 15.9 Å². The van der Waals surface area contributed by atoms with Gasteiger partial charge in [0.05, 0.1) is 19.0 Å². The molecule has 5 heteroatoms. The molecule has 21 heavy (non-hydrogen) atoms. The molecule has 1 fully saturated rings. The van der Waals surface area contributed by atoms with Gasteiger partial charge in [0, 0.05) is 48.6 Å². The van der Waals surface area contributed by atoms with E-state index in [1.165, 1.54) is 11.4 Å². The number of hydrogen-bond donors (Lipinski definition) is 0. The molecule has 110 valence electrons. The first-order valence-electron chi connectivity index (χ1n) is 7.01. The molecular weight excluding hydrogens is 330 g/mol. The van der Waals surface area contributed by atoms with Crippen LogP contribution in [0.3, 0.4) is 0 Å². The number of anilines is 2. The van der Waals surface area contributed by atoms with E-state index in [2.05, 4.69) is 48.9 Å². The van der Waals surface area contributed by atoms with Crippen LogP contribution in [-0.4, -0.2) is 38.3 Å². The largest absolute Gasteiger partial charge is 0.497 e. The number of hydrogen-bond acceptors (Lipinski definition) is 4. The number of methoxy groups -OCH3 is 1. The molecule has 0 unspecified atom stereocenters. The zero-order chi connectivity index (χ0) is 14.7. The number of benzene rings is 1. The van der Waals surface area contributed by atoms with Gasteiger partial charge in [-0.2, -0.15) is 0 Å². The summed E-state index contributed by atoms with van der Waals surface area (Å²) >= 11 is 3.48. The Morgan fingerprint density at radius 3 is 2.38 bits per heavy atom. The topological polar surface area (TPSA) is 28.6 Å². The van der Waals surface area contributed by atoms with Crippen LogP contribution in [0.4, 0.5) is 11.4 Å². The molecule has 4 nitrogen and oxygen atoms in total. The van der Waals surface area contributed by atoms with Crippen molar-refractivity contribution in [2.24, 2.45) is 0 Å². The Bertz CT molecular complexity index is 612. The van der Waals surface area contributed by atoms with Gasteiger partial charge in [0.25, 0.3) is 0 Å². The summed E-state index contributed by atoms with van der Waals surface area (Å²) in [6, 6.07) is 10.4. The smallest absolute Gasteiger partial charge is 0.120 e. The van der Waals surface area contributed by atoms with Gasteiger partial charge in [-0.15, -0.1) is 0 Å². The van der Waals surface area contributed by atoms with Crippen LogP contribution in [0.1, 0.15) is 0 Å². The highest BCUT2D eigenvalue weighted by Crippen LogP contribution is 2.24. The molecule has 0 atom stereocenters. The van der Waals surface area contributed by atoms with Crippen LogP contribution in [0.25, 0.3) is 0 Å². The van der Waals surface area contributed by atoms with E-state index >= 15 is 0 Å². The second kappa shape index (κ2) is 6.35. The predicted octanol–water partition coefficient (Wildman–Crippen LogP) is 3.18. The number of rotatable bonds is 3. The van der Waals surface area contributed by atoms with Gasteiger partial charge in [0.2, 0.25) is 0 Å². The summed E-state index contributed by atoms with van der Waals surface area (Å²) in [5.74, 6) is 0.908. The minimum absolute atomic E-state index is 0.908. The van der Waals surface area contributed by atoms with Crippen molar-refractivity contribution in [1.29, 1.82) is 0 Å². The lowest BCUT2D eigenvalue weighted by Gasteiger charge is -2.37. The van der Waals surface area contributed by atoms with Gasteiger partial charge in [-0.1, -0.05) is 6.07 Å². The maximum absolute atomic E-state index is 5.30. The maximum atomic E-state index is 5.30. The molecule has 1 aromatic carbocycles. The molecule has 0 spiro atoms. The zero-order valence-corrected chi connectivity index (χ0v) is 13.6. The third-order valence-corrected chi connectivity index (χ3v) is 4.19. The highest BCUT2D eigenvalue weighted by atomic mass is 79.9. The van der Waals surface area contributed by atoms with E-state index in [-0.39, 0.29) is 0 Å². The maximum Gasteiger partial charge on any atom is 0.120 e. The van der Waals surface area contributed by atoms with Crippen LogP contribution in [0.2, 0.25) is 0 Å². The first kappa shape index (κ1) is 14.2. The average Bonchev–Trinajstić information content (AvgIpc) is 2.55. The summed E-state index contributed by atoms with van der Waals surface area (Å²) in [7, 11) is 1.71. The number of nitrogens with zero attached hydrogens (tertiary/aromatic N) is 3.